The fraction of sp³-hybridized carbons (Fsp3) is 0.450. The molecule has 12 heteroatoms. The Hall–Kier alpha value is -3.15. The van der Waals surface area contributed by atoms with Crippen molar-refractivity contribution in [3.05, 3.63) is 33.7 Å². The molecule has 1 aliphatic rings. The van der Waals surface area contributed by atoms with Crippen LogP contribution in [0.1, 0.15) is 24.0 Å². The smallest absolute Gasteiger partial charge is 0.413 e. The monoisotopic (exact) mass is 504 g/mol. The van der Waals surface area contributed by atoms with Crippen molar-refractivity contribution in [2.75, 3.05) is 36.0 Å². The lowest BCUT2D eigenvalue weighted by Crippen LogP contribution is -2.48. The third-order valence-electron chi connectivity index (χ3n) is 5.64. The molecule has 170 valence electrons. The minimum atomic E-state index is -1.10. The second-order valence-electron chi connectivity index (χ2n) is 7.87. The van der Waals surface area contributed by atoms with Crippen molar-refractivity contribution in [1.82, 2.24) is 29.3 Å². The van der Waals surface area contributed by atoms with Gasteiger partial charge < -0.3 is 14.9 Å². The van der Waals surface area contributed by atoms with E-state index in [0.29, 0.717) is 53.6 Å². The molecule has 3 aromatic heterocycles. The minimum Gasteiger partial charge on any atom is -0.465 e. The number of nitrogens with zero attached hydrogens (tertiary/aromatic N) is 8. The van der Waals surface area contributed by atoms with Gasteiger partial charge in [0.05, 0.1) is 28.1 Å². The summed E-state index contributed by atoms with van der Waals surface area (Å²) in [6.07, 6.45) is -1.10. The van der Waals surface area contributed by atoms with Crippen LogP contribution >= 0.6 is 15.9 Å². The highest BCUT2D eigenvalue weighted by Crippen LogP contribution is 2.30. The largest absolute Gasteiger partial charge is 0.465 e. The summed E-state index contributed by atoms with van der Waals surface area (Å²) in [4.78, 5) is 33.9. The first-order valence-corrected chi connectivity index (χ1v) is 11.0. The molecule has 11 nitrogen and oxygen atoms in total. The molecular formula is C20H25BrN8O3. The van der Waals surface area contributed by atoms with E-state index in [2.05, 4.69) is 31.0 Å². The molecule has 1 saturated heterocycles. The van der Waals surface area contributed by atoms with Crippen molar-refractivity contribution < 1.29 is 14.7 Å². The van der Waals surface area contributed by atoms with Gasteiger partial charge in [-0.25, -0.2) is 9.78 Å². The van der Waals surface area contributed by atoms with Gasteiger partial charge in [-0.1, -0.05) is 0 Å². The van der Waals surface area contributed by atoms with Crippen LogP contribution < -0.4 is 9.80 Å². The molecule has 0 radical (unpaired) electrons. The summed E-state index contributed by atoms with van der Waals surface area (Å²) in [5.74, 6) is 1.08. The third-order valence-corrected chi connectivity index (χ3v) is 6.56. The van der Waals surface area contributed by atoms with E-state index in [9.17, 15) is 14.7 Å². The van der Waals surface area contributed by atoms with E-state index >= 15 is 0 Å². The van der Waals surface area contributed by atoms with Gasteiger partial charge in [0.2, 0.25) is 5.91 Å². The third kappa shape index (κ3) is 4.01. The van der Waals surface area contributed by atoms with Crippen molar-refractivity contribution in [3.63, 3.8) is 0 Å². The SMILES string of the molecule is CC(=O)N1CCN(c2cc(N(Cc3cc(C)nn3C)C(=O)O)n3nc(C)c(Br)c3n2)CC1. The maximum Gasteiger partial charge on any atom is 0.413 e. The van der Waals surface area contributed by atoms with Crippen LogP contribution in [0.25, 0.3) is 5.65 Å². The maximum atomic E-state index is 12.3. The van der Waals surface area contributed by atoms with Gasteiger partial charge in [-0.3, -0.25) is 14.4 Å². The zero-order valence-electron chi connectivity index (χ0n) is 18.4. The lowest BCUT2D eigenvalue weighted by Gasteiger charge is -2.35. The Morgan fingerprint density at radius 1 is 1.16 bits per heavy atom. The van der Waals surface area contributed by atoms with Gasteiger partial charge in [0, 0.05) is 46.2 Å². The first-order chi connectivity index (χ1) is 15.2. The van der Waals surface area contributed by atoms with Gasteiger partial charge in [0.25, 0.3) is 0 Å². The van der Waals surface area contributed by atoms with E-state index in [1.807, 2.05) is 19.9 Å². The molecule has 3 aromatic rings. The Bertz CT molecular complexity index is 1200. The fourth-order valence-corrected chi connectivity index (χ4v) is 4.23. The van der Waals surface area contributed by atoms with E-state index in [1.165, 1.54) is 4.90 Å². The molecule has 0 aromatic carbocycles. The summed E-state index contributed by atoms with van der Waals surface area (Å²) >= 11 is 3.54. The number of aromatic nitrogens is 5. The maximum absolute atomic E-state index is 12.3. The van der Waals surface area contributed by atoms with Crippen molar-refractivity contribution in [2.45, 2.75) is 27.3 Å². The molecule has 0 unspecified atom stereocenters. The van der Waals surface area contributed by atoms with Crippen LogP contribution in [0.2, 0.25) is 0 Å². The quantitative estimate of drug-likeness (QED) is 0.579. The predicted octanol–water partition coefficient (Wildman–Crippen LogP) is 2.20. The fourth-order valence-electron chi connectivity index (χ4n) is 3.90. The minimum absolute atomic E-state index is 0.0476. The normalized spacial score (nSPS) is 14.3. The van der Waals surface area contributed by atoms with Crippen molar-refractivity contribution in [2.24, 2.45) is 7.05 Å². The molecule has 0 bridgehead atoms. The van der Waals surface area contributed by atoms with Crippen molar-refractivity contribution in [1.29, 1.82) is 0 Å². The zero-order valence-corrected chi connectivity index (χ0v) is 20.0. The van der Waals surface area contributed by atoms with Gasteiger partial charge in [-0.05, 0) is 35.8 Å². The highest BCUT2D eigenvalue weighted by atomic mass is 79.9. The summed E-state index contributed by atoms with van der Waals surface area (Å²) in [5.41, 5.74) is 2.82. The number of carbonyl (C=O) groups excluding carboxylic acids is 1. The predicted molar refractivity (Wildman–Crippen MR) is 122 cm³/mol. The van der Waals surface area contributed by atoms with Gasteiger partial charge in [-0.2, -0.15) is 14.7 Å². The Balaban J connectivity index is 1.78. The number of halogens is 1. The molecule has 1 N–H and O–H groups in total. The second-order valence-corrected chi connectivity index (χ2v) is 8.66. The number of hydrogen-bond acceptors (Lipinski definition) is 6. The molecule has 32 heavy (non-hydrogen) atoms. The lowest BCUT2D eigenvalue weighted by molar-refractivity contribution is -0.129. The average Bonchev–Trinajstić information content (AvgIpc) is 3.22. The number of aryl methyl sites for hydroxylation is 3. The number of anilines is 2. The summed E-state index contributed by atoms with van der Waals surface area (Å²) in [5, 5.41) is 18.9. The molecular weight excluding hydrogens is 480 g/mol. The highest BCUT2D eigenvalue weighted by molar-refractivity contribution is 9.10. The summed E-state index contributed by atoms with van der Waals surface area (Å²) < 4.78 is 3.94. The highest BCUT2D eigenvalue weighted by Gasteiger charge is 2.26. The number of carboxylic acid groups (broad SMARTS) is 1. The van der Waals surface area contributed by atoms with Gasteiger partial charge >= 0.3 is 6.09 Å². The molecule has 4 rings (SSSR count). The van der Waals surface area contributed by atoms with E-state index in [0.717, 1.165) is 11.4 Å². The van der Waals surface area contributed by atoms with E-state index < -0.39 is 6.09 Å². The van der Waals surface area contributed by atoms with Gasteiger partial charge in [0.1, 0.15) is 11.6 Å². The summed E-state index contributed by atoms with van der Waals surface area (Å²) in [7, 11) is 1.79. The molecule has 0 atom stereocenters. The Labute approximate surface area is 193 Å². The summed E-state index contributed by atoms with van der Waals surface area (Å²) in [6.45, 7) is 7.79. The Morgan fingerprint density at radius 3 is 2.41 bits per heavy atom. The van der Waals surface area contributed by atoms with E-state index in [4.69, 9.17) is 4.98 Å². The lowest BCUT2D eigenvalue weighted by atomic mass is 10.3. The van der Waals surface area contributed by atoms with Crippen molar-refractivity contribution >= 4 is 45.2 Å². The van der Waals surface area contributed by atoms with Crippen LogP contribution in [0.5, 0.6) is 0 Å². The van der Waals surface area contributed by atoms with Crippen LogP contribution in [0, 0.1) is 13.8 Å². The molecule has 0 aliphatic carbocycles. The van der Waals surface area contributed by atoms with Gasteiger partial charge in [-0.15, -0.1) is 0 Å². The number of fused-ring (bicyclic) bond motifs is 1. The number of rotatable bonds is 4. The molecule has 4 heterocycles. The molecule has 1 aliphatic heterocycles. The molecule has 0 saturated carbocycles. The Kier molecular flexibility index (Phi) is 5.80. The van der Waals surface area contributed by atoms with Crippen LogP contribution in [0.4, 0.5) is 16.4 Å². The van der Waals surface area contributed by atoms with E-state index in [-0.39, 0.29) is 12.5 Å². The van der Waals surface area contributed by atoms with Crippen LogP contribution in [-0.2, 0) is 18.4 Å². The molecule has 2 amide bonds. The number of carbonyl (C=O) groups is 2. The zero-order chi connectivity index (χ0) is 23.2. The van der Waals surface area contributed by atoms with Gasteiger partial charge in [0.15, 0.2) is 5.65 Å². The summed E-state index contributed by atoms with van der Waals surface area (Å²) in [6, 6.07) is 3.60. The number of amides is 2. The topological polar surface area (TPSA) is 112 Å². The first kappa shape index (κ1) is 22.1. The number of hydrogen-bond donors (Lipinski definition) is 1. The first-order valence-electron chi connectivity index (χ1n) is 10.2. The van der Waals surface area contributed by atoms with Crippen LogP contribution in [-0.4, -0.2) is 72.6 Å². The standard InChI is InChI=1S/C20H25BrN8O3/c1-12-9-15(25(4)23-12)11-28(20(31)32)17-10-16(22-19-18(21)13(2)24-29(17)19)27-7-5-26(6-8-27)14(3)30/h9-10H,5-8,11H2,1-4H3,(H,31,32). The number of piperazine rings is 1. The van der Waals surface area contributed by atoms with Crippen LogP contribution in [0.15, 0.2) is 16.6 Å². The molecule has 0 spiro atoms. The van der Waals surface area contributed by atoms with Crippen LogP contribution in [0.3, 0.4) is 0 Å². The second kappa shape index (κ2) is 8.41. The van der Waals surface area contributed by atoms with E-state index in [1.54, 1.807) is 34.1 Å². The average molecular weight is 505 g/mol. The Morgan fingerprint density at radius 2 is 1.84 bits per heavy atom. The van der Waals surface area contributed by atoms with Crippen molar-refractivity contribution in [3.8, 4) is 0 Å². The molecule has 1 fully saturated rings.